The molecular formula is C11H14F3N. The first-order valence-electron chi connectivity index (χ1n) is 4.65. The van der Waals surface area contributed by atoms with Gasteiger partial charge in [0.15, 0.2) is 0 Å². The Morgan fingerprint density at radius 2 is 1.93 bits per heavy atom. The quantitative estimate of drug-likeness (QED) is 0.820. The molecule has 1 rings (SSSR count). The van der Waals surface area contributed by atoms with Crippen LogP contribution in [-0.4, -0.2) is 13.5 Å². The lowest BCUT2D eigenvalue weighted by Gasteiger charge is -2.29. The van der Waals surface area contributed by atoms with Crippen LogP contribution in [0.3, 0.4) is 0 Å². The molecule has 4 heteroatoms. The van der Waals surface area contributed by atoms with Crippen LogP contribution in [0.4, 0.5) is 13.2 Å². The van der Waals surface area contributed by atoms with E-state index in [1.807, 2.05) is 0 Å². The summed E-state index contributed by atoms with van der Waals surface area (Å²) in [5.74, 6) is -0.463. The molecule has 1 N–H and O–H groups in total. The Hall–Kier alpha value is -1.03. The Kier molecular flexibility index (Phi) is 3.39. The van der Waals surface area contributed by atoms with E-state index < -0.39 is 17.8 Å². The smallest absolute Gasteiger partial charge is 0.260 e. The van der Waals surface area contributed by atoms with Crippen LogP contribution in [0, 0.1) is 12.7 Å². The third-order valence-corrected chi connectivity index (χ3v) is 2.73. The van der Waals surface area contributed by atoms with Crippen molar-refractivity contribution < 1.29 is 13.2 Å². The van der Waals surface area contributed by atoms with Crippen LogP contribution in [0.5, 0.6) is 0 Å². The first-order valence-corrected chi connectivity index (χ1v) is 4.65. The Morgan fingerprint density at radius 3 is 2.33 bits per heavy atom. The minimum absolute atomic E-state index is 0.253. The molecule has 0 radical (unpaired) electrons. The van der Waals surface area contributed by atoms with Gasteiger partial charge < -0.3 is 5.32 Å². The summed E-state index contributed by atoms with van der Waals surface area (Å²) in [6.07, 6.45) is -2.59. The number of benzene rings is 1. The van der Waals surface area contributed by atoms with Gasteiger partial charge in [0, 0.05) is 0 Å². The summed E-state index contributed by atoms with van der Waals surface area (Å²) in [4.78, 5) is 0. The molecular weight excluding hydrogens is 203 g/mol. The molecule has 1 aromatic rings. The highest BCUT2D eigenvalue weighted by Crippen LogP contribution is 2.28. The van der Waals surface area contributed by atoms with Crippen LogP contribution < -0.4 is 5.32 Å². The highest BCUT2D eigenvalue weighted by Gasteiger charge is 2.35. The van der Waals surface area contributed by atoms with Gasteiger partial charge in [-0.2, -0.15) is 0 Å². The Balaban J connectivity index is 3.19. The van der Waals surface area contributed by atoms with Gasteiger partial charge in [0.1, 0.15) is 11.4 Å². The normalized spacial score (nSPS) is 15.4. The van der Waals surface area contributed by atoms with Crippen LogP contribution in [0.1, 0.15) is 18.1 Å². The number of aryl methyl sites for hydroxylation is 1. The maximum Gasteiger partial charge on any atom is 0.260 e. The summed E-state index contributed by atoms with van der Waals surface area (Å²) in [5.41, 5.74) is -0.802. The molecule has 0 aliphatic carbocycles. The summed E-state index contributed by atoms with van der Waals surface area (Å²) in [6, 6.07) is 4.17. The molecule has 1 nitrogen and oxygen atoms in total. The first kappa shape index (κ1) is 12.0. The maximum atomic E-state index is 13.2. The van der Waals surface area contributed by atoms with Gasteiger partial charge in [0.05, 0.1) is 0 Å². The zero-order chi connectivity index (χ0) is 11.6. The topological polar surface area (TPSA) is 12.0 Å². The predicted molar refractivity (Wildman–Crippen MR) is 53.6 cm³/mol. The van der Waals surface area contributed by atoms with Crippen molar-refractivity contribution in [3.05, 3.63) is 35.1 Å². The van der Waals surface area contributed by atoms with Gasteiger partial charge in [-0.25, -0.2) is 13.2 Å². The van der Waals surface area contributed by atoms with Gasteiger partial charge in [-0.3, -0.25) is 0 Å². The fourth-order valence-corrected chi connectivity index (χ4v) is 1.30. The molecule has 0 aliphatic heterocycles. The van der Waals surface area contributed by atoms with Crippen LogP contribution in [-0.2, 0) is 5.54 Å². The van der Waals surface area contributed by atoms with Gasteiger partial charge in [0.25, 0.3) is 6.43 Å². The second-order valence-corrected chi connectivity index (χ2v) is 3.72. The molecule has 0 saturated heterocycles. The van der Waals surface area contributed by atoms with Crippen molar-refractivity contribution in [2.24, 2.45) is 0 Å². The maximum absolute atomic E-state index is 13.2. The summed E-state index contributed by atoms with van der Waals surface area (Å²) in [5, 5.41) is 2.52. The monoisotopic (exact) mass is 217 g/mol. The van der Waals surface area contributed by atoms with E-state index in [1.54, 1.807) is 6.92 Å². The molecule has 1 aromatic carbocycles. The standard InChI is InChI=1S/C11H14F3N/c1-7-4-5-8(6-9(7)12)11(2,15-3)10(13)14/h4-6,10,15H,1-3H3. The van der Waals surface area contributed by atoms with Crippen molar-refractivity contribution in [1.82, 2.24) is 5.32 Å². The van der Waals surface area contributed by atoms with Gasteiger partial charge >= 0.3 is 0 Å². The fraction of sp³-hybridized carbons (Fsp3) is 0.455. The number of halogens is 3. The lowest BCUT2D eigenvalue weighted by atomic mass is 9.92. The van der Waals surface area contributed by atoms with E-state index in [1.165, 1.54) is 26.1 Å². The molecule has 0 amide bonds. The Labute approximate surface area is 87.3 Å². The molecule has 0 spiro atoms. The largest absolute Gasteiger partial charge is 0.306 e. The third kappa shape index (κ3) is 2.15. The SMILES string of the molecule is CNC(C)(c1ccc(C)c(F)c1)C(F)F. The lowest BCUT2D eigenvalue weighted by molar-refractivity contribution is 0.0430. The van der Waals surface area contributed by atoms with Crippen LogP contribution >= 0.6 is 0 Å². The summed E-state index contributed by atoms with van der Waals surface area (Å²) < 4.78 is 38.9. The van der Waals surface area contributed by atoms with E-state index in [0.717, 1.165) is 6.07 Å². The molecule has 0 fully saturated rings. The highest BCUT2D eigenvalue weighted by molar-refractivity contribution is 5.29. The fourth-order valence-electron chi connectivity index (χ4n) is 1.30. The number of alkyl halides is 2. The molecule has 0 heterocycles. The average molecular weight is 217 g/mol. The zero-order valence-corrected chi connectivity index (χ0v) is 8.94. The Bertz CT molecular complexity index is 352. The van der Waals surface area contributed by atoms with Gasteiger partial charge in [-0.15, -0.1) is 0 Å². The van der Waals surface area contributed by atoms with E-state index in [9.17, 15) is 13.2 Å². The third-order valence-electron chi connectivity index (χ3n) is 2.73. The van der Waals surface area contributed by atoms with Crippen molar-refractivity contribution in [3.8, 4) is 0 Å². The van der Waals surface area contributed by atoms with Crippen LogP contribution in [0.15, 0.2) is 18.2 Å². The van der Waals surface area contributed by atoms with Crippen molar-refractivity contribution in [2.45, 2.75) is 25.8 Å². The molecule has 1 atom stereocenters. The van der Waals surface area contributed by atoms with Crippen LogP contribution in [0.25, 0.3) is 0 Å². The summed E-state index contributed by atoms with van der Waals surface area (Å²) >= 11 is 0. The molecule has 84 valence electrons. The Morgan fingerprint density at radius 1 is 1.33 bits per heavy atom. The zero-order valence-electron chi connectivity index (χ0n) is 8.94. The van der Waals surface area contributed by atoms with E-state index in [4.69, 9.17) is 0 Å². The minimum atomic E-state index is -2.59. The van der Waals surface area contributed by atoms with E-state index in [0.29, 0.717) is 5.56 Å². The predicted octanol–water partition coefficient (Wildman–Crippen LogP) is 2.83. The van der Waals surface area contributed by atoms with E-state index >= 15 is 0 Å². The molecule has 1 unspecified atom stereocenters. The van der Waals surface area contributed by atoms with E-state index in [-0.39, 0.29) is 5.56 Å². The summed E-state index contributed by atoms with van der Waals surface area (Å²) in [7, 11) is 1.43. The van der Waals surface area contributed by atoms with Gasteiger partial charge in [-0.1, -0.05) is 12.1 Å². The van der Waals surface area contributed by atoms with Crippen LogP contribution in [0.2, 0.25) is 0 Å². The van der Waals surface area contributed by atoms with Crippen molar-refractivity contribution in [3.63, 3.8) is 0 Å². The van der Waals surface area contributed by atoms with Crippen molar-refractivity contribution in [1.29, 1.82) is 0 Å². The first-order chi connectivity index (χ1) is 6.91. The minimum Gasteiger partial charge on any atom is -0.306 e. The highest BCUT2D eigenvalue weighted by atomic mass is 19.3. The van der Waals surface area contributed by atoms with Crippen molar-refractivity contribution in [2.75, 3.05) is 7.05 Å². The molecule has 0 bridgehead atoms. The number of nitrogens with one attached hydrogen (secondary N) is 1. The van der Waals surface area contributed by atoms with Gasteiger partial charge in [-0.05, 0) is 38.1 Å². The number of hydrogen-bond acceptors (Lipinski definition) is 1. The molecule has 15 heavy (non-hydrogen) atoms. The average Bonchev–Trinajstić information content (AvgIpc) is 2.20. The van der Waals surface area contributed by atoms with Gasteiger partial charge in [0.2, 0.25) is 0 Å². The number of rotatable bonds is 3. The number of hydrogen-bond donors (Lipinski definition) is 1. The second kappa shape index (κ2) is 4.23. The molecule has 0 aliphatic rings. The lowest BCUT2D eigenvalue weighted by Crippen LogP contribution is -2.43. The van der Waals surface area contributed by atoms with E-state index in [2.05, 4.69) is 5.32 Å². The van der Waals surface area contributed by atoms with Crippen molar-refractivity contribution >= 4 is 0 Å². The second-order valence-electron chi connectivity index (χ2n) is 3.72. The molecule has 0 saturated carbocycles. The summed E-state index contributed by atoms with van der Waals surface area (Å²) in [6.45, 7) is 2.94. The molecule has 0 aromatic heterocycles.